The molecule has 0 aliphatic heterocycles. The van der Waals surface area contributed by atoms with Crippen LogP contribution in [0.2, 0.25) is 0 Å². The lowest BCUT2D eigenvalue weighted by atomic mass is 9.68. The molecule has 0 heterocycles. The van der Waals surface area contributed by atoms with E-state index < -0.39 is 0 Å². The van der Waals surface area contributed by atoms with Gasteiger partial charge in [0.05, 0.1) is 0 Å². The Hall–Kier alpha value is -0.0800. The van der Waals surface area contributed by atoms with Crippen molar-refractivity contribution in [2.75, 3.05) is 26.7 Å². The van der Waals surface area contributed by atoms with Crippen LogP contribution in [-0.2, 0) is 0 Å². The van der Waals surface area contributed by atoms with Gasteiger partial charge in [-0.2, -0.15) is 0 Å². The molecule has 0 bridgehead atoms. The lowest BCUT2D eigenvalue weighted by Gasteiger charge is -2.43. The molecule has 0 atom stereocenters. The largest absolute Gasteiger partial charge is 0.330 e. The molecule has 2 heteroatoms. The topological polar surface area (TPSA) is 29.3 Å². The maximum atomic E-state index is 5.87. The normalized spacial score (nSPS) is 19.6. The van der Waals surface area contributed by atoms with Crippen molar-refractivity contribution in [2.24, 2.45) is 17.1 Å². The van der Waals surface area contributed by atoms with Crippen molar-refractivity contribution in [2.45, 2.75) is 46.0 Å². The van der Waals surface area contributed by atoms with Crippen molar-refractivity contribution >= 4 is 0 Å². The van der Waals surface area contributed by atoms with Gasteiger partial charge in [-0.15, -0.1) is 0 Å². The second-order valence-corrected chi connectivity index (χ2v) is 5.83. The first-order chi connectivity index (χ1) is 7.08. The zero-order chi connectivity index (χ0) is 11.3. The van der Waals surface area contributed by atoms with Crippen LogP contribution in [0.4, 0.5) is 0 Å². The summed E-state index contributed by atoms with van der Waals surface area (Å²) in [5.41, 5.74) is 6.35. The quantitative estimate of drug-likeness (QED) is 0.702. The Morgan fingerprint density at radius 1 is 1.33 bits per heavy atom. The Bertz CT molecular complexity index is 168. The van der Waals surface area contributed by atoms with Crippen LogP contribution in [0.25, 0.3) is 0 Å². The van der Waals surface area contributed by atoms with Crippen molar-refractivity contribution in [1.82, 2.24) is 4.90 Å². The van der Waals surface area contributed by atoms with Crippen LogP contribution in [0.15, 0.2) is 0 Å². The van der Waals surface area contributed by atoms with E-state index >= 15 is 0 Å². The van der Waals surface area contributed by atoms with Crippen LogP contribution in [0.1, 0.15) is 46.0 Å². The molecular weight excluding hydrogens is 184 g/mol. The van der Waals surface area contributed by atoms with E-state index in [2.05, 4.69) is 25.8 Å². The van der Waals surface area contributed by atoms with Crippen molar-refractivity contribution in [3.63, 3.8) is 0 Å². The highest BCUT2D eigenvalue weighted by Gasteiger charge is 2.36. The summed E-state index contributed by atoms with van der Waals surface area (Å²) >= 11 is 0. The van der Waals surface area contributed by atoms with Crippen LogP contribution in [0, 0.1) is 11.3 Å². The summed E-state index contributed by atoms with van der Waals surface area (Å²) < 4.78 is 0. The molecule has 0 unspecified atom stereocenters. The summed E-state index contributed by atoms with van der Waals surface area (Å²) in [4.78, 5) is 2.48. The molecular formula is C13H28N2. The average molecular weight is 212 g/mol. The molecule has 90 valence electrons. The van der Waals surface area contributed by atoms with Crippen molar-refractivity contribution in [1.29, 1.82) is 0 Å². The molecule has 0 amide bonds. The minimum atomic E-state index is 0.479. The zero-order valence-electron chi connectivity index (χ0n) is 10.8. The molecule has 0 saturated heterocycles. The van der Waals surface area contributed by atoms with Gasteiger partial charge < -0.3 is 10.6 Å². The summed E-state index contributed by atoms with van der Waals surface area (Å²) in [5, 5.41) is 0. The van der Waals surface area contributed by atoms with Gasteiger partial charge in [0.25, 0.3) is 0 Å². The lowest BCUT2D eigenvalue weighted by Crippen LogP contribution is -2.46. The van der Waals surface area contributed by atoms with Gasteiger partial charge in [-0.05, 0) is 57.2 Å². The van der Waals surface area contributed by atoms with Gasteiger partial charge in [-0.3, -0.25) is 0 Å². The Labute approximate surface area is 95.2 Å². The summed E-state index contributed by atoms with van der Waals surface area (Å²) in [7, 11) is 2.25. The molecule has 0 radical (unpaired) electrons. The third kappa shape index (κ3) is 4.12. The van der Waals surface area contributed by atoms with E-state index in [1.807, 2.05) is 0 Å². The van der Waals surface area contributed by atoms with Gasteiger partial charge in [0.1, 0.15) is 0 Å². The maximum Gasteiger partial charge on any atom is 0.00470 e. The monoisotopic (exact) mass is 212 g/mol. The summed E-state index contributed by atoms with van der Waals surface area (Å²) in [6.45, 7) is 7.92. The maximum absolute atomic E-state index is 5.87. The number of nitrogens with zero attached hydrogens (tertiary/aromatic N) is 1. The van der Waals surface area contributed by atoms with Gasteiger partial charge >= 0.3 is 0 Å². The predicted molar refractivity (Wildman–Crippen MR) is 66.9 cm³/mol. The molecule has 0 aromatic rings. The molecule has 2 N–H and O–H groups in total. The van der Waals surface area contributed by atoms with E-state index in [1.54, 1.807) is 0 Å². The fourth-order valence-electron chi connectivity index (χ4n) is 2.52. The van der Waals surface area contributed by atoms with Crippen LogP contribution in [-0.4, -0.2) is 31.6 Å². The number of nitrogens with two attached hydrogens (primary N) is 1. The first-order valence-corrected chi connectivity index (χ1v) is 6.47. The molecule has 2 nitrogen and oxygen atoms in total. The Morgan fingerprint density at radius 2 is 2.00 bits per heavy atom. The minimum absolute atomic E-state index is 0.479. The third-order valence-electron chi connectivity index (χ3n) is 3.77. The Kier molecular flexibility index (Phi) is 5.07. The molecule has 0 spiro atoms. The van der Waals surface area contributed by atoms with Gasteiger partial charge in [0.15, 0.2) is 0 Å². The molecule has 0 aromatic carbocycles. The fourth-order valence-corrected chi connectivity index (χ4v) is 2.52. The van der Waals surface area contributed by atoms with E-state index in [-0.39, 0.29) is 0 Å². The van der Waals surface area contributed by atoms with Gasteiger partial charge in [-0.25, -0.2) is 0 Å². The molecule has 1 saturated carbocycles. The second-order valence-electron chi connectivity index (χ2n) is 5.83. The standard InChI is InChI=1S/C13H28N2/c1-12(2)6-4-9-15(3)11-13(10-14)7-5-8-13/h12H,4-11,14H2,1-3H3. The van der Waals surface area contributed by atoms with Crippen LogP contribution in [0.5, 0.6) is 0 Å². The van der Waals surface area contributed by atoms with Crippen LogP contribution < -0.4 is 5.73 Å². The highest BCUT2D eigenvalue weighted by molar-refractivity contribution is 4.90. The first kappa shape index (κ1) is 13.0. The van der Waals surface area contributed by atoms with Crippen molar-refractivity contribution < 1.29 is 0 Å². The smallest absolute Gasteiger partial charge is 0.00470 e. The molecule has 1 rings (SSSR count). The van der Waals surface area contributed by atoms with Crippen molar-refractivity contribution in [3.05, 3.63) is 0 Å². The number of hydrogen-bond acceptors (Lipinski definition) is 2. The Morgan fingerprint density at radius 3 is 2.40 bits per heavy atom. The third-order valence-corrected chi connectivity index (χ3v) is 3.77. The first-order valence-electron chi connectivity index (χ1n) is 6.47. The van der Waals surface area contributed by atoms with E-state index in [4.69, 9.17) is 5.73 Å². The minimum Gasteiger partial charge on any atom is -0.330 e. The van der Waals surface area contributed by atoms with E-state index in [9.17, 15) is 0 Å². The Balaban J connectivity index is 2.14. The number of rotatable bonds is 7. The summed E-state index contributed by atoms with van der Waals surface area (Å²) in [6, 6.07) is 0. The molecule has 1 fully saturated rings. The molecule has 15 heavy (non-hydrogen) atoms. The van der Waals surface area contributed by atoms with Crippen molar-refractivity contribution in [3.8, 4) is 0 Å². The highest BCUT2D eigenvalue weighted by Crippen LogP contribution is 2.40. The second kappa shape index (κ2) is 5.86. The van der Waals surface area contributed by atoms with Crippen LogP contribution >= 0.6 is 0 Å². The molecule has 1 aliphatic rings. The van der Waals surface area contributed by atoms with Crippen LogP contribution in [0.3, 0.4) is 0 Å². The fraction of sp³-hybridized carbons (Fsp3) is 1.00. The zero-order valence-corrected chi connectivity index (χ0v) is 10.8. The molecule has 1 aliphatic carbocycles. The summed E-state index contributed by atoms with van der Waals surface area (Å²) in [6.07, 6.45) is 6.75. The van der Waals surface area contributed by atoms with E-state index in [0.29, 0.717) is 5.41 Å². The van der Waals surface area contributed by atoms with Gasteiger partial charge in [-0.1, -0.05) is 20.3 Å². The highest BCUT2D eigenvalue weighted by atomic mass is 15.1. The number of hydrogen-bond donors (Lipinski definition) is 1. The summed E-state index contributed by atoms with van der Waals surface area (Å²) in [5.74, 6) is 0.838. The van der Waals surface area contributed by atoms with E-state index in [1.165, 1.54) is 45.2 Å². The van der Waals surface area contributed by atoms with Gasteiger partial charge in [0, 0.05) is 6.54 Å². The predicted octanol–water partition coefficient (Wildman–Crippen LogP) is 2.48. The average Bonchev–Trinajstić information content (AvgIpc) is 2.11. The molecule has 0 aromatic heterocycles. The SMILES string of the molecule is CC(C)CCCN(C)CC1(CN)CCC1. The van der Waals surface area contributed by atoms with E-state index in [0.717, 1.165) is 12.5 Å². The van der Waals surface area contributed by atoms with Gasteiger partial charge in [0.2, 0.25) is 0 Å². The lowest BCUT2D eigenvalue weighted by molar-refractivity contribution is 0.0865.